The van der Waals surface area contributed by atoms with Crippen molar-refractivity contribution in [2.45, 2.75) is 6.92 Å². The van der Waals surface area contributed by atoms with Crippen molar-refractivity contribution in [1.29, 1.82) is 0 Å². The monoisotopic (exact) mass is 384 g/mol. The lowest BCUT2D eigenvalue weighted by Crippen LogP contribution is -2.02. The molecule has 2 aromatic heterocycles. The number of nitro groups is 1. The molecule has 0 unspecified atom stereocenters. The zero-order chi connectivity index (χ0) is 20.4. The molecule has 3 aromatic rings. The van der Waals surface area contributed by atoms with Crippen LogP contribution in [-0.4, -0.2) is 32.2 Å². The summed E-state index contributed by atoms with van der Waals surface area (Å²) in [5.74, 6) is -2.08. The van der Waals surface area contributed by atoms with E-state index in [4.69, 9.17) is 19.2 Å². The summed E-state index contributed by atoms with van der Waals surface area (Å²) in [5, 5.41) is 32.9. The van der Waals surface area contributed by atoms with E-state index < -0.39 is 16.9 Å². The van der Waals surface area contributed by atoms with Gasteiger partial charge >= 0.3 is 17.6 Å². The Bertz CT molecular complexity index is 1090. The molecule has 28 heavy (non-hydrogen) atoms. The second-order valence-corrected chi connectivity index (χ2v) is 5.68. The van der Waals surface area contributed by atoms with Crippen molar-refractivity contribution in [3.63, 3.8) is 0 Å². The molecule has 2 heterocycles. The summed E-state index contributed by atoms with van der Waals surface area (Å²) in [7, 11) is 0. The van der Waals surface area contributed by atoms with Crippen LogP contribution in [0.15, 0.2) is 39.3 Å². The molecule has 0 amide bonds. The first-order valence-electron chi connectivity index (χ1n) is 7.77. The molecular formula is C18H12N2O8. The standard InChI is InChI=1S/C18H12N2O8/c1-9-16(20(25)26)15(28-19-9)5-3-13-2-4-14(27-13)10-6-11(17(21)22)8-12(7-10)18(23)24/h2-8H,1H3,(H,21,22)(H,23,24)/b5-3-. The lowest BCUT2D eigenvalue weighted by molar-refractivity contribution is -0.386. The number of furan rings is 1. The molecule has 0 aliphatic carbocycles. The predicted octanol–water partition coefficient (Wildman–Crippen LogP) is 3.72. The SMILES string of the molecule is Cc1noc(/C=C\c2ccc(-c3cc(C(=O)O)cc(C(=O)O)c3)o2)c1[N+](=O)[O-]. The topological polar surface area (TPSA) is 157 Å². The smallest absolute Gasteiger partial charge is 0.338 e. The fourth-order valence-electron chi connectivity index (χ4n) is 2.49. The molecule has 0 saturated carbocycles. The predicted molar refractivity (Wildman–Crippen MR) is 94.9 cm³/mol. The van der Waals surface area contributed by atoms with Crippen LogP contribution in [0.5, 0.6) is 0 Å². The number of hydrogen-bond acceptors (Lipinski definition) is 7. The zero-order valence-electron chi connectivity index (χ0n) is 14.3. The van der Waals surface area contributed by atoms with Crippen LogP contribution in [0.3, 0.4) is 0 Å². The third kappa shape index (κ3) is 3.65. The largest absolute Gasteiger partial charge is 0.478 e. The maximum Gasteiger partial charge on any atom is 0.338 e. The summed E-state index contributed by atoms with van der Waals surface area (Å²) in [6, 6.07) is 6.67. The summed E-state index contributed by atoms with van der Waals surface area (Å²) in [5.41, 5.74) is -0.259. The van der Waals surface area contributed by atoms with Gasteiger partial charge in [0.2, 0.25) is 5.76 Å². The lowest BCUT2D eigenvalue weighted by Gasteiger charge is -2.03. The third-order valence-electron chi connectivity index (χ3n) is 3.78. The number of aryl methyl sites for hydroxylation is 1. The van der Waals surface area contributed by atoms with Crippen LogP contribution in [0, 0.1) is 17.0 Å². The molecule has 0 atom stereocenters. The number of rotatable bonds is 6. The van der Waals surface area contributed by atoms with Crippen molar-refractivity contribution in [2.75, 3.05) is 0 Å². The highest BCUT2D eigenvalue weighted by Gasteiger charge is 2.22. The highest BCUT2D eigenvalue weighted by molar-refractivity contribution is 5.95. The van der Waals surface area contributed by atoms with E-state index in [1.54, 1.807) is 0 Å². The summed E-state index contributed by atoms with van der Waals surface area (Å²) in [4.78, 5) is 32.8. The molecule has 0 spiro atoms. The number of carboxylic acid groups (broad SMARTS) is 2. The first kappa shape index (κ1) is 18.6. The number of nitrogens with zero attached hydrogens (tertiary/aromatic N) is 2. The van der Waals surface area contributed by atoms with Crippen molar-refractivity contribution < 1.29 is 33.7 Å². The van der Waals surface area contributed by atoms with E-state index in [0.717, 1.165) is 6.07 Å². The van der Waals surface area contributed by atoms with Crippen molar-refractivity contribution in [1.82, 2.24) is 5.16 Å². The van der Waals surface area contributed by atoms with Gasteiger partial charge in [-0.3, -0.25) is 10.1 Å². The second kappa shape index (κ2) is 7.19. The Morgan fingerprint density at radius 3 is 2.32 bits per heavy atom. The van der Waals surface area contributed by atoms with Crippen molar-refractivity contribution in [2.24, 2.45) is 0 Å². The van der Waals surface area contributed by atoms with Crippen LogP contribution >= 0.6 is 0 Å². The van der Waals surface area contributed by atoms with E-state index in [9.17, 15) is 19.7 Å². The molecule has 0 radical (unpaired) electrons. The van der Waals surface area contributed by atoms with Gasteiger partial charge in [-0.05, 0) is 49.4 Å². The Hall–Kier alpha value is -4.21. The number of carbonyl (C=O) groups is 2. The fraction of sp³-hybridized carbons (Fsp3) is 0.0556. The highest BCUT2D eigenvalue weighted by Crippen LogP contribution is 2.28. The Morgan fingerprint density at radius 1 is 1.11 bits per heavy atom. The van der Waals surface area contributed by atoms with E-state index >= 15 is 0 Å². The normalized spacial score (nSPS) is 11.0. The Labute approximate surface area is 156 Å². The van der Waals surface area contributed by atoms with Crippen molar-refractivity contribution >= 4 is 29.8 Å². The van der Waals surface area contributed by atoms with E-state index in [-0.39, 0.29) is 45.4 Å². The van der Waals surface area contributed by atoms with Gasteiger partial charge in [0.25, 0.3) is 0 Å². The van der Waals surface area contributed by atoms with Gasteiger partial charge < -0.3 is 19.2 Å². The van der Waals surface area contributed by atoms with Crippen LogP contribution < -0.4 is 0 Å². The average molecular weight is 384 g/mol. The lowest BCUT2D eigenvalue weighted by atomic mass is 10.0. The van der Waals surface area contributed by atoms with Crippen LogP contribution in [0.1, 0.15) is 37.9 Å². The Kier molecular flexibility index (Phi) is 4.77. The van der Waals surface area contributed by atoms with Gasteiger partial charge in [-0.25, -0.2) is 9.59 Å². The van der Waals surface area contributed by atoms with Crippen LogP contribution in [0.4, 0.5) is 5.69 Å². The Balaban J connectivity index is 1.94. The van der Waals surface area contributed by atoms with Gasteiger partial charge in [0.1, 0.15) is 11.5 Å². The van der Waals surface area contributed by atoms with Crippen molar-refractivity contribution in [3.05, 3.63) is 68.8 Å². The molecule has 0 fully saturated rings. The zero-order valence-corrected chi connectivity index (χ0v) is 14.3. The summed E-state index contributed by atoms with van der Waals surface area (Å²) >= 11 is 0. The van der Waals surface area contributed by atoms with Gasteiger partial charge in [0, 0.05) is 5.56 Å². The minimum Gasteiger partial charge on any atom is -0.478 e. The number of carboxylic acids is 2. The molecule has 1 aromatic carbocycles. The molecule has 10 nitrogen and oxygen atoms in total. The molecule has 10 heteroatoms. The van der Waals surface area contributed by atoms with Gasteiger partial charge in [0.05, 0.1) is 16.1 Å². The average Bonchev–Trinajstić information content (AvgIpc) is 3.26. The summed E-state index contributed by atoms with van der Waals surface area (Å²) in [6.07, 6.45) is 2.73. The minimum absolute atomic E-state index is 0.0542. The van der Waals surface area contributed by atoms with Gasteiger partial charge in [0.15, 0.2) is 5.69 Å². The summed E-state index contributed by atoms with van der Waals surface area (Å²) < 4.78 is 10.5. The molecule has 3 rings (SSSR count). The first-order valence-corrected chi connectivity index (χ1v) is 7.77. The van der Waals surface area contributed by atoms with E-state index in [1.165, 1.54) is 43.3 Å². The maximum absolute atomic E-state index is 11.2. The maximum atomic E-state index is 11.2. The molecule has 0 aliphatic heterocycles. The highest BCUT2D eigenvalue weighted by atomic mass is 16.6. The second-order valence-electron chi connectivity index (χ2n) is 5.68. The third-order valence-corrected chi connectivity index (χ3v) is 3.78. The van der Waals surface area contributed by atoms with E-state index in [0.29, 0.717) is 0 Å². The molecule has 0 aliphatic rings. The van der Waals surface area contributed by atoms with Gasteiger partial charge in [-0.2, -0.15) is 0 Å². The number of hydrogen-bond donors (Lipinski definition) is 2. The number of aromatic carboxylic acids is 2. The Morgan fingerprint density at radius 2 is 1.75 bits per heavy atom. The number of benzene rings is 1. The first-order chi connectivity index (χ1) is 13.3. The van der Waals surface area contributed by atoms with Gasteiger partial charge in [-0.1, -0.05) is 5.16 Å². The van der Waals surface area contributed by atoms with E-state index in [2.05, 4.69) is 5.16 Å². The molecule has 0 saturated heterocycles. The molecule has 142 valence electrons. The summed E-state index contributed by atoms with van der Waals surface area (Å²) in [6.45, 7) is 1.44. The van der Waals surface area contributed by atoms with E-state index in [1.807, 2.05) is 0 Å². The van der Waals surface area contributed by atoms with Gasteiger partial charge in [-0.15, -0.1) is 0 Å². The fourth-order valence-corrected chi connectivity index (χ4v) is 2.49. The van der Waals surface area contributed by atoms with Crippen LogP contribution in [0.2, 0.25) is 0 Å². The van der Waals surface area contributed by atoms with Crippen LogP contribution in [-0.2, 0) is 0 Å². The van der Waals surface area contributed by atoms with Crippen molar-refractivity contribution in [3.8, 4) is 11.3 Å². The quantitative estimate of drug-likeness (QED) is 0.477. The molecule has 2 N–H and O–H groups in total. The number of aromatic nitrogens is 1. The van der Waals surface area contributed by atoms with Crippen LogP contribution in [0.25, 0.3) is 23.5 Å². The minimum atomic E-state index is -1.27. The molecular weight excluding hydrogens is 372 g/mol. The molecule has 0 bridgehead atoms.